The molecule has 0 saturated heterocycles. The normalized spacial score (nSPS) is 12.8. The van der Waals surface area contributed by atoms with E-state index in [1.807, 2.05) is 77.6 Å². The Hall–Kier alpha value is -3.54. The van der Waals surface area contributed by atoms with Crippen LogP contribution in [0.4, 0.5) is 5.69 Å². The van der Waals surface area contributed by atoms with E-state index in [-0.39, 0.29) is 5.91 Å². The zero-order valence-corrected chi connectivity index (χ0v) is 16.8. The highest BCUT2D eigenvalue weighted by Gasteiger charge is 2.18. The highest BCUT2D eigenvalue weighted by molar-refractivity contribution is 5.94. The smallest absolute Gasteiger partial charge is 0.227 e. The van der Waals surface area contributed by atoms with Gasteiger partial charge in [0.1, 0.15) is 13.2 Å². The molecule has 0 N–H and O–H groups in total. The molecule has 1 amide bonds. The summed E-state index contributed by atoms with van der Waals surface area (Å²) in [6.45, 7) is 2.26. The maximum absolute atomic E-state index is 13.1. The van der Waals surface area contributed by atoms with Crippen LogP contribution in [0.5, 0.6) is 11.5 Å². The number of anilines is 1. The second-order valence-corrected chi connectivity index (χ2v) is 7.02. The summed E-state index contributed by atoms with van der Waals surface area (Å²) in [5.74, 6) is 1.47. The molecule has 154 valence electrons. The minimum Gasteiger partial charge on any atom is -0.486 e. The fourth-order valence-corrected chi connectivity index (χ4v) is 3.37. The summed E-state index contributed by atoms with van der Waals surface area (Å²) in [6, 6.07) is 17.6. The lowest BCUT2D eigenvalue weighted by atomic mass is 10.2. The Bertz CT molecular complexity index is 984. The molecule has 2 aromatic carbocycles. The van der Waals surface area contributed by atoms with Crippen LogP contribution in [-0.2, 0) is 11.3 Å². The number of benzene rings is 2. The fraction of sp³-hybridized carbons (Fsp3) is 0.250. The van der Waals surface area contributed by atoms with Gasteiger partial charge in [0.05, 0.1) is 0 Å². The topological polar surface area (TPSA) is 56.6 Å². The van der Waals surface area contributed by atoms with Gasteiger partial charge in [-0.05, 0) is 30.2 Å². The summed E-state index contributed by atoms with van der Waals surface area (Å²) < 4.78 is 13.2. The third kappa shape index (κ3) is 5.08. The van der Waals surface area contributed by atoms with E-state index in [1.165, 1.54) is 0 Å². The second-order valence-electron chi connectivity index (χ2n) is 7.02. The number of aromatic nitrogens is 2. The first kappa shape index (κ1) is 19.8. The zero-order valence-electron chi connectivity index (χ0n) is 16.8. The molecule has 0 radical (unpaired) electrons. The lowest BCUT2D eigenvalue weighted by Gasteiger charge is -2.24. The SMILES string of the molecule is O=C(CCCn1cccn1)N(CC=Cc1ccccc1)c1ccc2c(c1)OCCO2. The van der Waals surface area contributed by atoms with Gasteiger partial charge in [-0.1, -0.05) is 42.5 Å². The predicted octanol–water partition coefficient (Wildman–Crippen LogP) is 4.18. The van der Waals surface area contributed by atoms with Crippen LogP contribution >= 0.6 is 0 Å². The molecule has 0 unspecified atom stereocenters. The average molecular weight is 403 g/mol. The number of hydrogen-bond donors (Lipinski definition) is 0. The van der Waals surface area contributed by atoms with Gasteiger partial charge in [-0.25, -0.2) is 0 Å². The molecule has 2 heterocycles. The van der Waals surface area contributed by atoms with Crippen LogP contribution in [0.1, 0.15) is 18.4 Å². The van der Waals surface area contributed by atoms with Crippen LogP contribution in [0.3, 0.4) is 0 Å². The molecule has 6 nitrogen and oxygen atoms in total. The van der Waals surface area contributed by atoms with Crippen molar-refractivity contribution in [3.05, 3.63) is 78.6 Å². The third-order valence-corrected chi connectivity index (χ3v) is 4.87. The number of carbonyl (C=O) groups excluding carboxylic acids is 1. The Morgan fingerprint density at radius 2 is 1.90 bits per heavy atom. The largest absolute Gasteiger partial charge is 0.486 e. The molecule has 0 saturated carbocycles. The van der Waals surface area contributed by atoms with E-state index in [0.717, 1.165) is 23.4 Å². The first-order valence-corrected chi connectivity index (χ1v) is 10.2. The molecule has 1 aliphatic heterocycles. The van der Waals surface area contributed by atoms with Crippen LogP contribution in [0.2, 0.25) is 0 Å². The maximum atomic E-state index is 13.1. The summed E-state index contributed by atoms with van der Waals surface area (Å²) >= 11 is 0. The van der Waals surface area contributed by atoms with Gasteiger partial charge in [0.2, 0.25) is 5.91 Å². The van der Waals surface area contributed by atoms with E-state index in [0.29, 0.717) is 38.5 Å². The molecule has 1 aliphatic rings. The van der Waals surface area contributed by atoms with Gasteiger partial charge in [0, 0.05) is 43.7 Å². The molecule has 0 fully saturated rings. The number of ether oxygens (including phenoxy) is 2. The van der Waals surface area contributed by atoms with Crippen molar-refractivity contribution >= 4 is 17.7 Å². The standard InChI is InChI=1S/C24H25N3O3/c28-24(10-5-14-26-15-6-13-25-26)27(16-4-9-20-7-2-1-3-8-20)21-11-12-22-23(19-21)30-18-17-29-22/h1-4,6-9,11-13,15,19H,5,10,14,16-18H2. The van der Waals surface area contributed by atoms with Crippen molar-refractivity contribution in [1.29, 1.82) is 0 Å². The lowest BCUT2D eigenvalue weighted by Crippen LogP contribution is -2.31. The lowest BCUT2D eigenvalue weighted by molar-refractivity contribution is -0.118. The summed E-state index contributed by atoms with van der Waals surface area (Å²) in [5, 5.41) is 4.20. The van der Waals surface area contributed by atoms with Crippen LogP contribution < -0.4 is 14.4 Å². The van der Waals surface area contributed by atoms with Crippen LogP contribution in [0.25, 0.3) is 6.08 Å². The number of aryl methyl sites for hydroxylation is 1. The van der Waals surface area contributed by atoms with E-state index in [2.05, 4.69) is 5.10 Å². The molecule has 0 spiro atoms. The Kier molecular flexibility index (Phi) is 6.44. The van der Waals surface area contributed by atoms with Crippen LogP contribution in [0.15, 0.2) is 73.1 Å². The van der Waals surface area contributed by atoms with Gasteiger partial charge >= 0.3 is 0 Å². The van der Waals surface area contributed by atoms with Gasteiger partial charge in [-0.2, -0.15) is 5.10 Å². The summed E-state index contributed by atoms with van der Waals surface area (Å²) in [5.41, 5.74) is 1.91. The van der Waals surface area contributed by atoms with Gasteiger partial charge in [-0.15, -0.1) is 0 Å². The van der Waals surface area contributed by atoms with E-state index in [4.69, 9.17) is 9.47 Å². The maximum Gasteiger partial charge on any atom is 0.227 e. The summed E-state index contributed by atoms with van der Waals surface area (Å²) in [6.07, 6.45) is 8.86. The molecule has 0 atom stereocenters. The van der Waals surface area contributed by atoms with Crippen molar-refractivity contribution in [3.63, 3.8) is 0 Å². The van der Waals surface area contributed by atoms with Crippen molar-refractivity contribution < 1.29 is 14.3 Å². The van der Waals surface area contributed by atoms with Crippen molar-refractivity contribution in [3.8, 4) is 11.5 Å². The molecular weight excluding hydrogens is 378 g/mol. The minimum atomic E-state index is 0.0662. The highest BCUT2D eigenvalue weighted by Crippen LogP contribution is 2.34. The molecule has 0 aliphatic carbocycles. The predicted molar refractivity (Wildman–Crippen MR) is 117 cm³/mol. The Labute approximate surface area is 176 Å². The zero-order chi connectivity index (χ0) is 20.6. The summed E-state index contributed by atoms with van der Waals surface area (Å²) in [7, 11) is 0. The third-order valence-electron chi connectivity index (χ3n) is 4.87. The fourth-order valence-electron chi connectivity index (χ4n) is 3.37. The summed E-state index contributed by atoms with van der Waals surface area (Å²) in [4.78, 5) is 14.9. The first-order chi connectivity index (χ1) is 14.8. The molecule has 30 heavy (non-hydrogen) atoms. The molecule has 4 rings (SSSR count). The van der Waals surface area contributed by atoms with Gasteiger partial charge in [0.15, 0.2) is 11.5 Å². The van der Waals surface area contributed by atoms with Gasteiger partial charge in [-0.3, -0.25) is 9.48 Å². The highest BCUT2D eigenvalue weighted by atomic mass is 16.6. The molecule has 0 bridgehead atoms. The molecule has 6 heteroatoms. The van der Waals surface area contributed by atoms with Crippen molar-refractivity contribution in [2.75, 3.05) is 24.7 Å². The number of rotatable bonds is 8. The van der Waals surface area contributed by atoms with Gasteiger partial charge < -0.3 is 14.4 Å². The Balaban J connectivity index is 1.48. The first-order valence-electron chi connectivity index (χ1n) is 10.2. The van der Waals surface area contributed by atoms with E-state index in [1.54, 1.807) is 11.1 Å². The van der Waals surface area contributed by atoms with E-state index < -0.39 is 0 Å². The van der Waals surface area contributed by atoms with Crippen LogP contribution in [0, 0.1) is 0 Å². The Morgan fingerprint density at radius 1 is 1.07 bits per heavy atom. The number of hydrogen-bond acceptors (Lipinski definition) is 4. The van der Waals surface area contributed by atoms with E-state index in [9.17, 15) is 4.79 Å². The number of fused-ring (bicyclic) bond motifs is 1. The quantitative estimate of drug-likeness (QED) is 0.566. The minimum absolute atomic E-state index is 0.0662. The molecule has 3 aromatic rings. The van der Waals surface area contributed by atoms with Crippen molar-refractivity contribution in [2.24, 2.45) is 0 Å². The van der Waals surface area contributed by atoms with Gasteiger partial charge in [0.25, 0.3) is 0 Å². The van der Waals surface area contributed by atoms with Crippen LogP contribution in [-0.4, -0.2) is 35.4 Å². The second kappa shape index (κ2) is 9.78. The van der Waals surface area contributed by atoms with Crippen molar-refractivity contribution in [1.82, 2.24) is 9.78 Å². The Morgan fingerprint density at radius 3 is 2.70 bits per heavy atom. The van der Waals surface area contributed by atoms with E-state index >= 15 is 0 Å². The monoisotopic (exact) mass is 403 g/mol. The average Bonchev–Trinajstić information content (AvgIpc) is 3.30. The molecular formula is C24H25N3O3. The number of amides is 1. The number of nitrogens with zero attached hydrogens (tertiary/aromatic N) is 3. The molecule has 1 aromatic heterocycles. The van der Waals surface area contributed by atoms with Crippen molar-refractivity contribution in [2.45, 2.75) is 19.4 Å². The number of carbonyl (C=O) groups is 1.